The molecule has 0 amide bonds. The first kappa shape index (κ1) is 16.7. The van der Waals surface area contributed by atoms with Gasteiger partial charge in [-0.05, 0) is 6.07 Å². The highest BCUT2D eigenvalue weighted by atomic mass is 35.5. The summed E-state index contributed by atoms with van der Waals surface area (Å²) in [6.07, 6.45) is -2.06. The molecule has 4 unspecified atom stereocenters. The Balaban J connectivity index is 2.18. The number of aromatic amines is 1. The summed E-state index contributed by atoms with van der Waals surface area (Å²) in [5.41, 5.74) is 5.27. The van der Waals surface area contributed by atoms with E-state index in [2.05, 4.69) is 21.8 Å². The molecule has 0 saturated carbocycles. The summed E-state index contributed by atoms with van der Waals surface area (Å²) < 4.78 is 19.4. The van der Waals surface area contributed by atoms with Gasteiger partial charge < -0.3 is 25.3 Å². The van der Waals surface area contributed by atoms with Gasteiger partial charge in [-0.25, -0.2) is 4.39 Å². The fourth-order valence-corrected chi connectivity index (χ4v) is 3.08. The van der Waals surface area contributed by atoms with Gasteiger partial charge in [-0.2, -0.15) is 4.98 Å². The highest BCUT2D eigenvalue weighted by Gasteiger charge is 2.55. The van der Waals surface area contributed by atoms with Crippen LogP contribution in [0.1, 0.15) is 6.23 Å². The molecule has 0 aromatic carbocycles. The van der Waals surface area contributed by atoms with E-state index in [1.807, 2.05) is 0 Å². The van der Waals surface area contributed by atoms with E-state index < -0.39 is 42.2 Å². The molecule has 0 aliphatic carbocycles. The average Bonchev–Trinajstić information content (AvgIpc) is 3.06. The van der Waals surface area contributed by atoms with Crippen LogP contribution >= 0.6 is 11.6 Å². The average molecular weight is 357 g/mol. The quantitative estimate of drug-likeness (QED) is 0.425. The fraction of sp³-hybridized carbons (Fsp3) is 0.429. The van der Waals surface area contributed by atoms with E-state index in [0.717, 1.165) is 0 Å². The van der Waals surface area contributed by atoms with E-state index >= 15 is 0 Å². The monoisotopic (exact) mass is 356 g/mol. The van der Waals surface area contributed by atoms with Gasteiger partial charge in [0.05, 0.1) is 12.0 Å². The van der Waals surface area contributed by atoms with Gasteiger partial charge in [-0.15, -0.1) is 0 Å². The first-order valence-corrected chi connectivity index (χ1v) is 7.35. The van der Waals surface area contributed by atoms with E-state index in [0.29, 0.717) is 0 Å². The second-order valence-electron chi connectivity index (χ2n) is 5.27. The minimum Gasteiger partial charge on any atom is -0.394 e. The van der Waals surface area contributed by atoms with E-state index in [1.165, 1.54) is 16.8 Å². The lowest BCUT2D eigenvalue weighted by Gasteiger charge is -2.25. The molecular formula is C14H14ClFN4O4. The molecule has 0 bridgehead atoms. The number of fused-ring (bicyclic) bond motifs is 1. The molecule has 1 aliphatic rings. The van der Waals surface area contributed by atoms with Gasteiger partial charge in [0.1, 0.15) is 18.9 Å². The number of halogens is 2. The number of nitrogen functional groups attached to an aromatic ring is 1. The third-order valence-electron chi connectivity index (χ3n) is 3.82. The number of ether oxygens (including phenoxy) is 1. The van der Waals surface area contributed by atoms with Gasteiger partial charge in [-0.1, -0.05) is 23.4 Å². The van der Waals surface area contributed by atoms with Gasteiger partial charge in [0.2, 0.25) is 5.95 Å². The maximum atomic E-state index is 12.5. The van der Waals surface area contributed by atoms with Gasteiger partial charge in [-0.3, -0.25) is 9.78 Å². The number of anilines is 1. The van der Waals surface area contributed by atoms with Crippen LogP contribution in [-0.2, 0) is 4.74 Å². The van der Waals surface area contributed by atoms with Crippen LogP contribution < -0.4 is 11.3 Å². The molecule has 3 rings (SSSR count). The molecule has 2 aromatic heterocycles. The molecule has 3 heterocycles. The molecular weight excluding hydrogens is 343 g/mol. The SMILES string of the molecule is Nc1nc2c(ccn2C2OC(CO)C(O)C2(Cl)C#CCF)c(=O)[nH]1. The lowest BCUT2D eigenvalue weighted by atomic mass is 9.99. The Hall–Kier alpha value is -2.12. The largest absolute Gasteiger partial charge is 0.394 e. The van der Waals surface area contributed by atoms with Crippen LogP contribution in [0, 0.1) is 11.8 Å². The van der Waals surface area contributed by atoms with Crippen LogP contribution in [0.15, 0.2) is 17.1 Å². The molecule has 1 fully saturated rings. The third-order valence-corrected chi connectivity index (χ3v) is 4.33. The summed E-state index contributed by atoms with van der Waals surface area (Å²) in [7, 11) is 0. The van der Waals surface area contributed by atoms with Crippen LogP contribution in [-0.4, -0.2) is 55.1 Å². The van der Waals surface area contributed by atoms with Gasteiger partial charge in [0.25, 0.3) is 5.56 Å². The summed E-state index contributed by atoms with van der Waals surface area (Å²) in [4.78, 5) is 16.6. The van der Waals surface area contributed by atoms with Gasteiger partial charge in [0, 0.05) is 6.20 Å². The number of nitrogens with zero attached hydrogens (tertiary/aromatic N) is 2. The van der Waals surface area contributed by atoms with Crippen molar-refractivity contribution in [2.45, 2.75) is 23.3 Å². The number of rotatable bonds is 2. The van der Waals surface area contributed by atoms with E-state index in [4.69, 9.17) is 22.1 Å². The Labute approximate surface area is 140 Å². The Bertz CT molecular complexity index is 888. The molecule has 4 atom stereocenters. The summed E-state index contributed by atoms with van der Waals surface area (Å²) in [6, 6.07) is 1.47. The third kappa shape index (κ3) is 2.44. The van der Waals surface area contributed by atoms with Crippen LogP contribution in [0.4, 0.5) is 10.3 Å². The predicted molar refractivity (Wildman–Crippen MR) is 84.1 cm³/mol. The summed E-state index contributed by atoms with van der Waals surface area (Å²) in [6.45, 7) is -1.48. The minimum absolute atomic E-state index is 0.111. The first-order valence-electron chi connectivity index (χ1n) is 6.98. The number of alkyl halides is 2. The van der Waals surface area contributed by atoms with Crippen molar-refractivity contribution in [3.05, 3.63) is 22.6 Å². The first-order chi connectivity index (χ1) is 11.4. The lowest BCUT2D eigenvalue weighted by molar-refractivity contribution is -0.0435. The van der Waals surface area contributed by atoms with Crippen molar-refractivity contribution in [3.63, 3.8) is 0 Å². The number of hydrogen-bond acceptors (Lipinski definition) is 6. The Morgan fingerprint density at radius 1 is 1.62 bits per heavy atom. The summed E-state index contributed by atoms with van der Waals surface area (Å²) in [5, 5.41) is 19.9. The molecule has 1 aliphatic heterocycles. The number of nitrogens with one attached hydrogen (secondary N) is 1. The molecule has 128 valence electrons. The van der Waals surface area contributed by atoms with Gasteiger partial charge in [0.15, 0.2) is 16.7 Å². The second kappa shape index (κ2) is 6.07. The molecule has 0 radical (unpaired) electrons. The van der Waals surface area contributed by atoms with Crippen LogP contribution in [0.3, 0.4) is 0 Å². The number of nitrogens with two attached hydrogens (primary N) is 1. The number of hydrogen-bond donors (Lipinski definition) is 4. The van der Waals surface area contributed by atoms with Crippen molar-refractivity contribution >= 4 is 28.6 Å². The maximum absolute atomic E-state index is 12.5. The number of aliphatic hydroxyl groups is 2. The normalized spacial score (nSPS) is 29.6. The second-order valence-corrected chi connectivity index (χ2v) is 5.89. The van der Waals surface area contributed by atoms with Crippen molar-refractivity contribution in [1.29, 1.82) is 0 Å². The Kier molecular flexibility index (Phi) is 4.23. The van der Waals surface area contributed by atoms with Crippen molar-refractivity contribution in [2.24, 2.45) is 0 Å². The van der Waals surface area contributed by atoms with E-state index in [-0.39, 0.29) is 17.0 Å². The Morgan fingerprint density at radius 2 is 2.38 bits per heavy atom. The van der Waals surface area contributed by atoms with Crippen molar-refractivity contribution < 1.29 is 19.3 Å². The van der Waals surface area contributed by atoms with E-state index in [1.54, 1.807) is 0 Å². The standard InChI is InChI=1S/C14H14ClFN4O4/c15-14(3-1-4-16)9(22)8(6-21)24-12(14)20-5-2-7-10(20)18-13(17)19-11(7)23/h2,5,8-9,12,21-22H,4,6H2,(H3,17,18,19,23). The highest BCUT2D eigenvalue weighted by molar-refractivity contribution is 6.27. The van der Waals surface area contributed by atoms with Crippen LogP contribution in [0.25, 0.3) is 11.0 Å². The number of aliphatic hydroxyl groups excluding tert-OH is 2. The van der Waals surface area contributed by atoms with Crippen LogP contribution in [0.5, 0.6) is 0 Å². The zero-order valence-electron chi connectivity index (χ0n) is 12.2. The summed E-state index contributed by atoms with van der Waals surface area (Å²) in [5.74, 6) is 4.50. The van der Waals surface area contributed by atoms with E-state index in [9.17, 15) is 19.4 Å². The Morgan fingerprint density at radius 3 is 3.04 bits per heavy atom. The van der Waals surface area contributed by atoms with Gasteiger partial charge >= 0.3 is 0 Å². The summed E-state index contributed by atoms with van der Waals surface area (Å²) >= 11 is 6.42. The topological polar surface area (TPSA) is 126 Å². The highest BCUT2D eigenvalue weighted by Crippen LogP contribution is 2.44. The van der Waals surface area contributed by atoms with Crippen molar-refractivity contribution in [2.75, 3.05) is 19.0 Å². The smallest absolute Gasteiger partial charge is 0.261 e. The lowest BCUT2D eigenvalue weighted by Crippen LogP contribution is -2.41. The van der Waals surface area contributed by atoms with Crippen LogP contribution in [0.2, 0.25) is 0 Å². The zero-order valence-corrected chi connectivity index (χ0v) is 13.0. The zero-order chi connectivity index (χ0) is 17.5. The molecule has 5 N–H and O–H groups in total. The molecule has 8 nitrogen and oxygen atoms in total. The maximum Gasteiger partial charge on any atom is 0.261 e. The predicted octanol–water partition coefficient (Wildman–Crippen LogP) is -0.492. The van der Waals surface area contributed by atoms with Crippen molar-refractivity contribution in [3.8, 4) is 11.8 Å². The molecule has 1 saturated heterocycles. The van der Waals surface area contributed by atoms with Crippen molar-refractivity contribution in [1.82, 2.24) is 14.5 Å². The number of aromatic nitrogens is 3. The number of H-pyrrole nitrogens is 1. The minimum atomic E-state index is -1.73. The molecule has 2 aromatic rings. The molecule has 10 heteroatoms. The molecule has 24 heavy (non-hydrogen) atoms. The molecule has 0 spiro atoms. The fourth-order valence-electron chi connectivity index (χ4n) is 2.72.